The Kier molecular flexibility index (Phi) is 8.01. The van der Waals surface area contributed by atoms with E-state index in [0.29, 0.717) is 11.4 Å². The summed E-state index contributed by atoms with van der Waals surface area (Å²) in [5.41, 5.74) is 0. The molecular formula is C12H21NO3S3. The van der Waals surface area contributed by atoms with Gasteiger partial charge in [-0.2, -0.15) is 11.8 Å². The molecule has 1 aromatic rings. The number of hydrogen-bond acceptors (Lipinski definition) is 5. The van der Waals surface area contributed by atoms with Gasteiger partial charge in [-0.25, -0.2) is 13.1 Å². The monoisotopic (exact) mass is 323 g/mol. The van der Waals surface area contributed by atoms with Gasteiger partial charge in [0.1, 0.15) is 4.21 Å². The lowest BCUT2D eigenvalue weighted by Gasteiger charge is -2.04. The highest BCUT2D eigenvalue weighted by Gasteiger charge is 2.15. The standard InChI is InChI=1S/C12H21NO3S3/c1-17-9-5-3-2-4-8-13-19(15,16)12-7-6-11(10-14)18-12/h6-7,13-14H,2-5,8-10H2,1H3. The molecule has 19 heavy (non-hydrogen) atoms. The van der Waals surface area contributed by atoms with Crippen LogP contribution in [0.5, 0.6) is 0 Å². The number of nitrogens with one attached hydrogen (secondary N) is 1. The van der Waals surface area contributed by atoms with E-state index >= 15 is 0 Å². The van der Waals surface area contributed by atoms with Gasteiger partial charge < -0.3 is 5.11 Å². The lowest BCUT2D eigenvalue weighted by molar-refractivity contribution is 0.285. The minimum absolute atomic E-state index is 0.115. The molecule has 0 saturated carbocycles. The summed E-state index contributed by atoms with van der Waals surface area (Å²) in [5.74, 6) is 1.17. The molecule has 0 unspecified atom stereocenters. The summed E-state index contributed by atoms with van der Waals surface area (Å²) < 4.78 is 26.7. The molecule has 0 aliphatic carbocycles. The molecule has 0 aromatic carbocycles. The van der Waals surface area contributed by atoms with Crippen molar-refractivity contribution in [2.45, 2.75) is 36.5 Å². The molecule has 110 valence electrons. The summed E-state index contributed by atoms with van der Waals surface area (Å²) in [6.45, 7) is 0.365. The molecule has 1 aromatic heterocycles. The second-order valence-corrected chi connectivity index (χ2v) is 8.33. The molecule has 0 spiro atoms. The number of thioether (sulfide) groups is 1. The molecule has 2 N–H and O–H groups in total. The third kappa shape index (κ3) is 6.27. The van der Waals surface area contributed by atoms with Crippen LogP contribution in [0.1, 0.15) is 30.6 Å². The lowest BCUT2D eigenvalue weighted by atomic mass is 10.2. The largest absolute Gasteiger partial charge is 0.391 e. The van der Waals surface area contributed by atoms with Crippen LogP contribution in [0.15, 0.2) is 16.3 Å². The Morgan fingerprint density at radius 2 is 2.00 bits per heavy atom. The summed E-state index contributed by atoms with van der Waals surface area (Å²) in [6, 6.07) is 3.18. The first-order valence-electron chi connectivity index (χ1n) is 6.28. The molecule has 0 aliphatic rings. The average Bonchev–Trinajstić information content (AvgIpc) is 2.87. The van der Waals surface area contributed by atoms with E-state index in [1.54, 1.807) is 6.07 Å². The van der Waals surface area contributed by atoms with Crippen molar-refractivity contribution < 1.29 is 13.5 Å². The summed E-state index contributed by atoms with van der Waals surface area (Å²) in [5, 5.41) is 8.93. The quantitative estimate of drug-likeness (QED) is 0.649. The van der Waals surface area contributed by atoms with E-state index in [0.717, 1.165) is 30.6 Å². The first-order valence-corrected chi connectivity index (χ1v) is 9.97. The maximum atomic E-state index is 11.9. The van der Waals surface area contributed by atoms with E-state index < -0.39 is 10.0 Å². The van der Waals surface area contributed by atoms with Gasteiger partial charge in [0.05, 0.1) is 6.61 Å². The van der Waals surface area contributed by atoms with Gasteiger partial charge in [-0.15, -0.1) is 11.3 Å². The van der Waals surface area contributed by atoms with E-state index in [-0.39, 0.29) is 10.8 Å². The van der Waals surface area contributed by atoms with Gasteiger partial charge in [-0.05, 0) is 37.0 Å². The van der Waals surface area contributed by atoms with Gasteiger partial charge in [0, 0.05) is 11.4 Å². The van der Waals surface area contributed by atoms with Crippen molar-refractivity contribution >= 4 is 33.1 Å². The van der Waals surface area contributed by atoms with Crippen LogP contribution >= 0.6 is 23.1 Å². The summed E-state index contributed by atoms with van der Waals surface area (Å²) in [4.78, 5) is 0.664. The predicted octanol–water partition coefficient (Wildman–Crippen LogP) is 2.44. The van der Waals surface area contributed by atoms with Crippen LogP contribution in [0.2, 0.25) is 0 Å². The maximum Gasteiger partial charge on any atom is 0.250 e. The van der Waals surface area contributed by atoms with E-state index in [1.165, 1.54) is 18.2 Å². The number of hydrogen-bond donors (Lipinski definition) is 2. The summed E-state index contributed by atoms with van der Waals surface area (Å²) in [6.07, 6.45) is 6.35. The third-order valence-electron chi connectivity index (χ3n) is 2.63. The molecule has 0 aliphatic heterocycles. The first-order chi connectivity index (χ1) is 9.10. The van der Waals surface area contributed by atoms with Crippen molar-refractivity contribution in [2.75, 3.05) is 18.6 Å². The van der Waals surface area contributed by atoms with Gasteiger partial charge >= 0.3 is 0 Å². The van der Waals surface area contributed by atoms with Crippen molar-refractivity contribution in [1.29, 1.82) is 0 Å². The fraction of sp³-hybridized carbons (Fsp3) is 0.667. The van der Waals surface area contributed by atoms with Crippen molar-refractivity contribution in [3.8, 4) is 0 Å². The van der Waals surface area contributed by atoms with Crippen molar-refractivity contribution in [1.82, 2.24) is 4.72 Å². The molecule has 0 fully saturated rings. The number of aliphatic hydroxyl groups is 1. The molecule has 1 rings (SSSR count). The molecule has 0 bridgehead atoms. The smallest absolute Gasteiger partial charge is 0.250 e. The normalized spacial score (nSPS) is 11.9. The van der Waals surface area contributed by atoms with Crippen LogP contribution in [-0.4, -0.2) is 32.1 Å². The Labute approximate surface area is 123 Å². The fourth-order valence-electron chi connectivity index (χ4n) is 1.59. The molecule has 0 saturated heterocycles. The maximum absolute atomic E-state index is 11.9. The summed E-state index contributed by atoms with van der Waals surface area (Å²) in [7, 11) is -3.39. The number of sulfonamides is 1. The van der Waals surface area contributed by atoms with Crippen LogP contribution < -0.4 is 4.72 Å². The minimum Gasteiger partial charge on any atom is -0.391 e. The first kappa shape index (κ1) is 17.0. The highest BCUT2D eigenvalue weighted by molar-refractivity contribution is 7.98. The molecule has 7 heteroatoms. The highest BCUT2D eigenvalue weighted by atomic mass is 32.2. The molecule has 0 amide bonds. The number of aliphatic hydroxyl groups excluding tert-OH is 1. The predicted molar refractivity (Wildman–Crippen MR) is 82.3 cm³/mol. The van der Waals surface area contributed by atoms with E-state index in [1.807, 2.05) is 11.8 Å². The molecule has 0 radical (unpaired) electrons. The fourth-order valence-corrected chi connectivity index (χ4v) is 4.42. The Balaban J connectivity index is 2.27. The van der Waals surface area contributed by atoms with Crippen molar-refractivity contribution in [3.05, 3.63) is 17.0 Å². The van der Waals surface area contributed by atoms with Crippen molar-refractivity contribution in [3.63, 3.8) is 0 Å². The van der Waals surface area contributed by atoms with Crippen LogP contribution in [0.4, 0.5) is 0 Å². The highest BCUT2D eigenvalue weighted by Crippen LogP contribution is 2.21. The zero-order chi connectivity index (χ0) is 14.1. The second kappa shape index (κ2) is 8.97. The average molecular weight is 324 g/mol. The molecular weight excluding hydrogens is 302 g/mol. The second-order valence-electron chi connectivity index (χ2n) is 4.18. The van der Waals surface area contributed by atoms with Gasteiger partial charge in [0.2, 0.25) is 10.0 Å². The number of unbranched alkanes of at least 4 members (excludes halogenated alkanes) is 3. The third-order valence-corrected chi connectivity index (χ3v) is 6.34. The minimum atomic E-state index is -3.39. The van der Waals surface area contributed by atoms with Crippen LogP contribution in [0, 0.1) is 0 Å². The molecule has 0 atom stereocenters. The Hall–Kier alpha value is -0.0800. The van der Waals surface area contributed by atoms with Gasteiger partial charge in [-0.3, -0.25) is 0 Å². The topological polar surface area (TPSA) is 66.4 Å². The number of thiophene rings is 1. The lowest BCUT2D eigenvalue weighted by Crippen LogP contribution is -2.23. The Morgan fingerprint density at radius 3 is 2.63 bits per heavy atom. The van der Waals surface area contributed by atoms with Crippen LogP contribution in [0.3, 0.4) is 0 Å². The Bertz CT molecular complexity index is 457. The van der Waals surface area contributed by atoms with E-state index in [4.69, 9.17) is 5.11 Å². The Morgan fingerprint density at radius 1 is 1.26 bits per heavy atom. The van der Waals surface area contributed by atoms with E-state index in [2.05, 4.69) is 11.0 Å². The zero-order valence-corrected chi connectivity index (χ0v) is 13.5. The van der Waals surface area contributed by atoms with Crippen LogP contribution in [0.25, 0.3) is 0 Å². The van der Waals surface area contributed by atoms with E-state index in [9.17, 15) is 8.42 Å². The van der Waals surface area contributed by atoms with Gasteiger partial charge in [0.15, 0.2) is 0 Å². The molecule has 1 heterocycles. The van der Waals surface area contributed by atoms with Crippen LogP contribution in [-0.2, 0) is 16.6 Å². The van der Waals surface area contributed by atoms with Gasteiger partial charge in [-0.1, -0.05) is 12.8 Å². The van der Waals surface area contributed by atoms with Crippen molar-refractivity contribution in [2.24, 2.45) is 0 Å². The summed E-state index contributed by atoms with van der Waals surface area (Å²) >= 11 is 2.95. The SMILES string of the molecule is CSCCCCCCNS(=O)(=O)c1ccc(CO)s1. The molecule has 4 nitrogen and oxygen atoms in total. The van der Waals surface area contributed by atoms with Gasteiger partial charge in [0.25, 0.3) is 0 Å². The number of rotatable bonds is 10. The zero-order valence-electron chi connectivity index (χ0n) is 11.1.